The molecule has 2 N–H and O–H groups in total. The molecule has 0 radical (unpaired) electrons. The fourth-order valence-electron chi connectivity index (χ4n) is 2.22. The maximum absolute atomic E-state index is 12.1. The Balaban J connectivity index is 2.14. The van der Waals surface area contributed by atoms with Crippen molar-refractivity contribution in [3.63, 3.8) is 0 Å². The molecule has 0 spiro atoms. The van der Waals surface area contributed by atoms with E-state index in [4.69, 9.17) is 0 Å². The van der Waals surface area contributed by atoms with E-state index in [2.05, 4.69) is 17.6 Å². The second kappa shape index (κ2) is 5.21. The molecular formula is C14H18N2O2. The number of rotatable bonds is 3. The minimum absolute atomic E-state index is 0.0457. The molecule has 1 aromatic carbocycles. The molecule has 1 fully saturated rings. The summed E-state index contributed by atoms with van der Waals surface area (Å²) in [5.74, 6) is -0.366. The second-order valence-electron chi connectivity index (χ2n) is 4.66. The van der Waals surface area contributed by atoms with Gasteiger partial charge < -0.3 is 10.6 Å². The lowest BCUT2D eigenvalue weighted by molar-refractivity contribution is -0.123. The number of hydrogen-bond donors (Lipinski definition) is 2. The number of carbonyl (C=O) groups excluding carboxylic acids is 2. The summed E-state index contributed by atoms with van der Waals surface area (Å²) in [4.78, 5) is 23.2. The first kappa shape index (κ1) is 12.6. The van der Waals surface area contributed by atoms with E-state index in [1.54, 1.807) is 0 Å². The third-order valence-corrected chi connectivity index (χ3v) is 3.34. The summed E-state index contributed by atoms with van der Waals surface area (Å²) in [6, 6.07) is 5.98. The van der Waals surface area contributed by atoms with Crippen molar-refractivity contribution in [1.29, 1.82) is 0 Å². The molecule has 4 nitrogen and oxygen atoms in total. The molecule has 4 heteroatoms. The van der Waals surface area contributed by atoms with Crippen LogP contribution in [0.3, 0.4) is 0 Å². The summed E-state index contributed by atoms with van der Waals surface area (Å²) >= 11 is 0. The molecule has 96 valence electrons. The maximum atomic E-state index is 12.1. The molecule has 1 saturated heterocycles. The molecule has 1 aliphatic heterocycles. The molecule has 18 heavy (non-hydrogen) atoms. The highest BCUT2D eigenvalue weighted by Gasteiger charge is 2.28. The third kappa shape index (κ3) is 2.53. The number of benzene rings is 1. The standard InChI is InChI=1S/C14H18N2O2/c1-3-10-6-4-5-9(2)13(10)16-14(18)11-7-12(17)15-8-11/h4-6,11H,3,7-8H2,1-2H3,(H,15,17)(H,16,18). The van der Waals surface area contributed by atoms with Gasteiger partial charge in [-0.2, -0.15) is 0 Å². The zero-order valence-corrected chi connectivity index (χ0v) is 10.7. The first-order chi connectivity index (χ1) is 8.61. The van der Waals surface area contributed by atoms with Crippen molar-refractivity contribution in [2.75, 3.05) is 11.9 Å². The Labute approximate surface area is 107 Å². The van der Waals surface area contributed by atoms with Crippen molar-refractivity contribution in [2.45, 2.75) is 26.7 Å². The van der Waals surface area contributed by atoms with E-state index in [1.165, 1.54) is 0 Å². The normalized spacial score (nSPS) is 18.6. The van der Waals surface area contributed by atoms with Gasteiger partial charge in [-0.05, 0) is 24.5 Å². The molecule has 2 amide bonds. The zero-order chi connectivity index (χ0) is 13.1. The van der Waals surface area contributed by atoms with Crippen LogP contribution in [0.15, 0.2) is 18.2 Å². The van der Waals surface area contributed by atoms with Crippen LogP contribution in [0, 0.1) is 12.8 Å². The molecule has 1 aliphatic rings. The van der Waals surface area contributed by atoms with Crippen LogP contribution >= 0.6 is 0 Å². The van der Waals surface area contributed by atoms with Crippen molar-refractivity contribution in [2.24, 2.45) is 5.92 Å². The molecule has 0 bridgehead atoms. The van der Waals surface area contributed by atoms with Gasteiger partial charge in [0.2, 0.25) is 11.8 Å². The second-order valence-corrected chi connectivity index (χ2v) is 4.66. The van der Waals surface area contributed by atoms with E-state index in [1.807, 2.05) is 25.1 Å². The van der Waals surface area contributed by atoms with Crippen LogP contribution in [0.1, 0.15) is 24.5 Å². The van der Waals surface area contributed by atoms with Crippen LogP contribution in [0.5, 0.6) is 0 Å². The van der Waals surface area contributed by atoms with Crippen LogP contribution in [0.2, 0.25) is 0 Å². The van der Waals surface area contributed by atoms with Gasteiger partial charge in [0.05, 0.1) is 5.92 Å². The Morgan fingerprint density at radius 1 is 1.50 bits per heavy atom. The number of carbonyl (C=O) groups is 2. The molecule has 1 aromatic rings. The number of hydrogen-bond acceptors (Lipinski definition) is 2. The van der Waals surface area contributed by atoms with Gasteiger partial charge in [-0.15, -0.1) is 0 Å². The highest BCUT2D eigenvalue weighted by molar-refractivity contribution is 5.98. The molecule has 1 heterocycles. The van der Waals surface area contributed by atoms with Crippen LogP contribution in [-0.4, -0.2) is 18.4 Å². The van der Waals surface area contributed by atoms with Crippen LogP contribution in [0.4, 0.5) is 5.69 Å². The zero-order valence-electron chi connectivity index (χ0n) is 10.7. The average molecular weight is 246 g/mol. The Hall–Kier alpha value is -1.84. The Kier molecular flexibility index (Phi) is 3.65. The highest BCUT2D eigenvalue weighted by Crippen LogP contribution is 2.22. The number of para-hydroxylation sites is 1. The minimum Gasteiger partial charge on any atom is -0.355 e. The molecule has 0 aliphatic carbocycles. The van der Waals surface area contributed by atoms with Crippen LogP contribution in [0.25, 0.3) is 0 Å². The molecule has 1 unspecified atom stereocenters. The summed E-state index contributed by atoms with van der Waals surface area (Å²) in [6.07, 6.45) is 1.16. The van der Waals surface area contributed by atoms with Crippen molar-refractivity contribution in [1.82, 2.24) is 5.32 Å². The molecule has 1 atom stereocenters. The van der Waals surface area contributed by atoms with Gasteiger partial charge in [0.25, 0.3) is 0 Å². The lowest BCUT2D eigenvalue weighted by Crippen LogP contribution is -2.25. The summed E-state index contributed by atoms with van der Waals surface area (Å²) in [6.45, 7) is 4.48. The monoisotopic (exact) mass is 246 g/mol. The van der Waals surface area contributed by atoms with Gasteiger partial charge in [0.1, 0.15) is 0 Å². The number of amides is 2. The average Bonchev–Trinajstić information content (AvgIpc) is 2.78. The Morgan fingerprint density at radius 3 is 2.89 bits per heavy atom. The quantitative estimate of drug-likeness (QED) is 0.851. The lowest BCUT2D eigenvalue weighted by Gasteiger charge is -2.15. The maximum Gasteiger partial charge on any atom is 0.229 e. The van der Waals surface area contributed by atoms with Crippen molar-refractivity contribution in [3.05, 3.63) is 29.3 Å². The van der Waals surface area contributed by atoms with E-state index in [9.17, 15) is 9.59 Å². The van der Waals surface area contributed by atoms with Crippen molar-refractivity contribution >= 4 is 17.5 Å². The Bertz CT molecular complexity index is 483. The largest absolute Gasteiger partial charge is 0.355 e. The van der Waals surface area contributed by atoms with E-state index in [0.29, 0.717) is 13.0 Å². The van der Waals surface area contributed by atoms with E-state index in [0.717, 1.165) is 23.2 Å². The minimum atomic E-state index is -0.248. The predicted molar refractivity (Wildman–Crippen MR) is 70.3 cm³/mol. The summed E-state index contributed by atoms with van der Waals surface area (Å²) in [5, 5.41) is 5.64. The fourth-order valence-corrected chi connectivity index (χ4v) is 2.22. The first-order valence-electron chi connectivity index (χ1n) is 6.28. The molecular weight excluding hydrogens is 228 g/mol. The van der Waals surface area contributed by atoms with Crippen LogP contribution in [-0.2, 0) is 16.0 Å². The van der Waals surface area contributed by atoms with E-state index < -0.39 is 0 Å². The number of aryl methyl sites for hydroxylation is 2. The van der Waals surface area contributed by atoms with E-state index >= 15 is 0 Å². The number of anilines is 1. The molecule has 2 rings (SSSR count). The SMILES string of the molecule is CCc1cccc(C)c1NC(=O)C1CNC(=O)C1. The Morgan fingerprint density at radius 2 is 2.28 bits per heavy atom. The summed E-state index contributed by atoms with van der Waals surface area (Å²) < 4.78 is 0. The van der Waals surface area contributed by atoms with Gasteiger partial charge in [0.15, 0.2) is 0 Å². The van der Waals surface area contributed by atoms with E-state index in [-0.39, 0.29) is 17.7 Å². The summed E-state index contributed by atoms with van der Waals surface area (Å²) in [5.41, 5.74) is 3.07. The topological polar surface area (TPSA) is 58.2 Å². The highest BCUT2D eigenvalue weighted by atomic mass is 16.2. The predicted octanol–water partition coefficient (Wildman–Crippen LogP) is 1.63. The van der Waals surface area contributed by atoms with Gasteiger partial charge in [-0.3, -0.25) is 9.59 Å². The van der Waals surface area contributed by atoms with Crippen LogP contribution < -0.4 is 10.6 Å². The third-order valence-electron chi connectivity index (χ3n) is 3.34. The van der Waals surface area contributed by atoms with Crippen molar-refractivity contribution < 1.29 is 9.59 Å². The lowest BCUT2D eigenvalue weighted by atomic mass is 10.0. The number of nitrogens with one attached hydrogen (secondary N) is 2. The smallest absolute Gasteiger partial charge is 0.229 e. The molecule has 0 aromatic heterocycles. The first-order valence-corrected chi connectivity index (χ1v) is 6.28. The summed E-state index contributed by atoms with van der Waals surface area (Å²) in [7, 11) is 0. The van der Waals surface area contributed by atoms with Gasteiger partial charge in [-0.25, -0.2) is 0 Å². The molecule has 0 saturated carbocycles. The van der Waals surface area contributed by atoms with Gasteiger partial charge in [-0.1, -0.05) is 25.1 Å². The van der Waals surface area contributed by atoms with Crippen molar-refractivity contribution in [3.8, 4) is 0 Å². The van der Waals surface area contributed by atoms with Gasteiger partial charge >= 0.3 is 0 Å². The fraction of sp³-hybridized carbons (Fsp3) is 0.429. The van der Waals surface area contributed by atoms with Gasteiger partial charge in [0, 0.05) is 18.7 Å².